The van der Waals surface area contributed by atoms with Gasteiger partial charge in [0.05, 0.1) is 37.3 Å². The minimum Gasteiger partial charge on any atom is -0.497 e. The summed E-state index contributed by atoms with van der Waals surface area (Å²) in [4.78, 5) is 13.0. The molecule has 1 unspecified atom stereocenters. The smallest absolute Gasteiger partial charge is 0.230 e. The van der Waals surface area contributed by atoms with Gasteiger partial charge in [-0.3, -0.25) is 9.36 Å². The molecule has 7 nitrogen and oxygen atoms in total. The third-order valence-corrected chi connectivity index (χ3v) is 6.76. The number of benzene rings is 2. The highest BCUT2D eigenvalue weighted by atomic mass is 32.2. The van der Waals surface area contributed by atoms with Crippen molar-refractivity contribution >= 4 is 17.7 Å². The Balaban J connectivity index is 1.50. The minimum absolute atomic E-state index is 0.0557. The predicted octanol–water partition coefficient (Wildman–Crippen LogP) is 5.51. The lowest BCUT2D eigenvalue weighted by Crippen LogP contribution is -2.33. The van der Waals surface area contributed by atoms with Gasteiger partial charge >= 0.3 is 0 Å². The number of rotatable bonds is 10. The maximum absolute atomic E-state index is 13.0. The highest BCUT2D eigenvalue weighted by molar-refractivity contribution is 7.99. The minimum atomic E-state index is -0.0969. The van der Waals surface area contributed by atoms with Gasteiger partial charge in [-0.05, 0) is 42.2 Å². The van der Waals surface area contributed by atoms with Crippen LogP contribution in [0.2, 0.25) is 0 Å². The molecule has 35 heavy (non-hydrogen) atoms. The number of hydrogen-bond donors (Lipinski definition) is 1. The average molecular weight is 491 g/mol. The molecule has 182 valence electrons. The summed E-state index contributed by atoms with van der Waals surface area (Å²) in [6.07, 6.45) is 1.65. The Bertz CT molecular complexity index is 1250. The molecule has 0 saturated heterocycles. The van der Waals surface area contributed by atoms with Crippen molar-refractivity contribution in [2.24, 2.45) is 5.92 Å². The second-order valence-corrected chi connectivity index (χ2v) is 9.56. The standard InChI is InChI=1S/C27H30N4O3S/c1-18(2)25(21-10-12-22(33-4)13-11-21)28-24(32)17-35-27-30-29-26(23-14-15-34-19(23)3)31(27)16-20-8-6-5-7-9-20/h5-15,18,25H,16-17H2,1-4H3,(H,28,32). The molecule has 0 bridgehead atoms. The molecule has 4 aromatic rings. The van der Waals surface area contributed by atoms with E-state index < -0.39 is 0 Å². The van der Waals surface area contributed by atoms with Gasteiger partial charge < -0.3 is 14.5 Å². The van der Waals surface area contributed by atoms with Crippen LogP contribution in [0.15, 0.2) is 76.5 Å². The summed E-state index contributed by atoms with van der Waals surface area (Å²) in [6, 6.07) is 19.7. The Morgan fingerprint density at radius 2 is 1.83 bits per heavy atom. The Kier molecular flexibility index (Phi) is 7.92. The summed E-state index contributed by atoms with van der Waals surface area (Å²) in [7, 11) is 1.64. The largest absolute Gasteiger partial charge is 0.497 e. The SMILES string of the molecule is COc1ccc(C(NC(=O)CSc2nnc(-c3ccoc3C)n2Cc2ccccc2)C(C)C)cc1. The van der Waals surface area contributed by atoms with Crippen LogP contribution in [-0.2, 0) is 11.3 Å². The molecule has 8 heteroatoms. The third kappa shape index (κ3) is 5.95. The molecule has 1 N–H and O–H groups in total. The summed E-state index contributed by atoms with van der Waals surface area (Å²) in [5, 5.41) is 12.7. The molecule has 0 spiro atoms. The molecule has 2 aromatic heterocycles. The fraction of sp³-hybridized carbons (Fsp3) is 0.296. The van der Waals surface area contributed by atoms with Crippen molar-refractivity contribution in [1.82, 2.24) is 20.1 Å². The maximum Gasteiger partial charge on any atom is 0.230 e. The van der Waals surface area contributed by atoms with Crippen LogP contribution in [0.1, 0.15) is 36.8 Å². The van der Waals surface area contributed by atoms with Gasteiger partial charge in [-0.1, -0.05) is 68.1 Å². The molecule has 2 heterocycles. The van der Waals surface area contributed by atoms with Crippen LogP contribution in [0.5, 0.6) is 5.75 Å². The fourth-order valence-corrected chi connectivity index (χ4v) is 4.66. The predicted molar refractivity (Wildman–Crippen MR) is 137 cm³/mol. The maximum atomic E-state index is 13.0. The molecule has 0 fully saturated rings. The number of thioether (sulfide) groups is 1. The molecular weight excluding hydrogens is 460 g/mol. The molecule has 0 saturated carbocycles. The van der Waals surface area contributed by atoms with Crippen molar-refractivity contribution < 1.29 is 13.9 Å². The lowest BCUT2D eigenvalue weighted by Gasteiger charge is -2.23. The molecule has 0 aliphatic carbocycles. The van der Waals surface area contributed by atoms with Crippen LogP contribution >= 0.6 is 11.8 Å². The Morgan fingerprint density at radius 3 is 2.46 bits per heavy atom. The lowest BCUT2D eigenvalue weighted by atomic mass is 9.96. The number of methoxy groups -OCH3 is 1. The van der Waals surface area contributed by atoms with Gasteiger partial charge in [0.25, 0.3) is 0 Å². The van der Waals surface area contributed by atoms with Crippen LogP contribution in [0, 0.1) is 12.8 Å². The van der Waals surface area contributed by atoms with Gasteiger partial charge in [-0.25, -0.2) is 0 Å². The van der Waals surface area contributed by atoms with E-state index in [1.807, 2.05) is 60.0 Å². The number of nitrogens with one attached hydrogen (secondary N) is 1. The van der Waals surface area contributed by atoms with E-state index in [0.29, 0.717) is 11.7 Å². The van der Waals surface area contributed by atoms with Gasteiger partial charge in [0.2, 0.25) is 5.91 Å². The van der Waals surface area contributed by atoms with Crippen molar-refractivity contribution in [2.45, 2.75) is 38.5 Å². The summed E-state index contributed by atoms with van der Waals surface area (Å²) >= 11 is 1.38. The van der Waals surface area contributed by atoms with Gasteiger partial charge in [-0.15, -0.1) is 10.2 Å². The molecule has 1 atom stereocenters. The Labute approximate surface area is 209 Å². The first kappa shape index (κ1) is 24.6. The zero-order chi connectivity index (χ0) is 24.8. The molecule has 1 amide bonds. The van der Waals surface area contributed by atoms with E-state index in [-0.39, 0.29) is 23.6 Å². The van der Waals surface area contributed by atoms with Crippen LogP contribution in [0.4, 0.5) is 0 Å². The first-order valence-electron chi connectivity index (χ1n) is 11.5. The Morgan fingerprint density at radius 1 is 1.09 bits per heavy atom. The highest BCUT2D eigenvalue weighted by Crippen LogP contribution is 2.29. The molecule has 0 radical (unpaired) electrons. The second kappa shape index (κ2) is 11.3. The van der Waals surface area contributed by atoms with E-state index in [4.69, 9.17) is 9.15 Å². The number of carbonyl (C=O) groups excluding carboxylic acids is 1. The number of nitrogens with zero attached hydrogens (tertiary/aromatic N) is 3. The van der Waals surface area contributed by atoms with Crippen molar-refractivity contribution in [3.05, 3.63) is 83.8 Å². The van der Waals surface area contributed by atoms with Gasteiger partial charge in [0, 0.05) is 0 Å². The van der Waals surface area contributed by atoms with Crippen LogP contribution < -0.4 is 10.1 Å². The summed E-state index contributed by atoms with van der Waals surface area (Å²) in [6.45, 7) is 6.69. The van der Waals surface area contributed by atoms with Crippen molar-refractivity contribution in [1.29, 1.82) is 0 Å². The normalized spacial score (nSPS) is 12.0. The average Bonchev–Trinajstić information content (AvgIpc) is 3.47. The number of carbonyl (C=O) groups is 1. The lowest BCUT2D eigenvalue weighted by molar-refractivity contribution is -0.119. The van der Waals surface area contributed by atoms with Crippen LogP contribution in [0.3, 0.4) is 0 Å². The monoisotopic (exact) mass is 490 g/mol. The molecule has 0 aliphatic rings. The first-order chi connectivity index (χ1) is 17.0. The van der Waals surface area contributed by atoms with Gasteiger partial charge in [-0.2, -0.15) is 0 Å². The molecule has 4 rings (SSSR count). The van der Waals surface area contributed by atoms with Crippen molar-refractivity contribution in [3.63, 3.8) is 0 Å². The number of hydrogen-bond acceptors (Lipinski definition) is 6. The van der Waals surface area contributed by atoms with Crippen molar-refractivity contribution in [3.8, 4) is 17.1 Å². The van der Waals surface area contributed by atoms with E-state index in [1.54, 1.807) is 13.4 Å². The topological polar surface area (TPSA) is 82.2 Å². The first-order valence-corrected chi connectivity index (χ1v) is 12.5. The quantitative estimate of drug-likeness (QED) is 0.295. The van der Waals surface area contributed by atoms with Gasteiger partial charge in [0.15, 0.2) is 11.0 Å². The van der Waals surface area contributed by atoms with Crippen LogP contribution in [-0.4, -0.2) is 33.5 Å². The third-order valence-electron chi connectivity index (χ3n) is 5.79. The molecule has 0 aliphatic heterocycles. The molecular formula is C27H30N4O3S. The summed E-state index contributed by atoms with van der Waals surface area (Å²) in [5.41, 5.74) is 3.06. The van der Waals surface area contributed by atoms with E-state index in [9.17, 15) is 4.79 Å². The van der Waals surface area contributed by atoms with E-state index in [2.05, 4.69) is 41.5 Å². The summed E-state index contributed by atoms with van der Waals surface area (Å²) in [5.74, 6) is 2.70. The highest BCUT2D eigenvalue weighted by Gasteiger charge is 2.21. The number of aryl methyl sites for hydroxylation is 1. The zero-order valence-corrected chi connectivity index (χ0v) is 21.2. The van der Waals surface area contributed by atoms with Crippen LogP contribution in [0.25, 0.3) is 11.4 Å². The number of amides is 1. The summed E-state index contributed by atoms with van der Waals surface area (Å²) < 4.78 is 12.8. The van der Waals surface area contributed by atoms with E-state index in [1.165, 1.54) is 11.8 Å². The zero-order valence-electron chi connectivity index (χ0n) is 20.4. The number of aromatic nitrogens is 3. The number of furan rings is 1. The number of ether oxygens (including phenoxy) is 1. The van der Waals surface area contributed by atoms with E-state index in [0.717, 1.165) is 34.0 Å². The fourth-order valence-electron chi connectivity index (χ4n) is 3.91. The van der Waals surface area contributed by atoms with Crippen molar-refractivity contribution in [2.75, 3.05) is 12.9 Å². The second-order valence-electron chi connectivity index (χ2n) is 8.62. The Hall–Kier alpha value is -3.52. The van der Waals surface area contributed by atoms with E-state index >= 15 is 0 Å². The molecule has 2 aromatic carbocycles. The van der Waals surface area contributed by atoms with Gasteiger partial charge in [0.1, 0.15) is 11.5 Å².